The molecule has 0 amide bonds. The van der Waals surface area contributed by atoms with Crippen LogP contribution in [0.5, 0.6) is 0 Å². The second-order valence-electron chi connectivity index (χ2n) is 5.77. The summed E-state index contributed by atoms with van der Waals surface area (Å²) in [5, 5.41) is 0. The van der Waals surface area contributed by atoms with Crippen LogP contribution in [0.4, 0.5) is 5.82 Å². The molecule has 0 spiro atoms. The summed E-state index contributed by atoms with van der Waals surface area (Å²) >= 11 is 0. The molecular weight excluding hydrogens is 186 g/mol. The number of aromatic nitrogens is 2. The standard InChI is InChI=1S/C12H21N3/c1-8-5-6-9-10(13)14-11(12(2,3)4)15(9)7-8/h8H,5-7,13H2,1-4H3. The topological polar surface area (TPSA) is 43.8 Å². The van der Waals surface area contributed by atoms with Crippen molar-refractivity contribution < 1.29 is 0 Å². The Balaban J connectivity index is 2.50. The smallest absolute Gasteiger partial charge is 0.145 e. The molecule has 0 saturated carbocycles. The van der Waals surface area contributed by atoms with Gasteiger partial charge >= 0.3 is 0 Å². The van der Waals surface area contributed by atoms with Crippen molar-refractivity contribution in [2.45, 2.75) is 52.5 Å². The number of nitrogens with zero attached hydrogens (tertiary/aromatic N) is 2. The molecule has 1 aromatic rings. The molecular formula is C12H21N3. The van der Waals surface area contributed by atoms with Crippen molar-refractivity contribution in [2.75, 3.05) is 5.73 Å². The molecule has 0 saturated heterocycles. The Morgan fingerprint density at radius 3 is 2.67 bits per heavy atom. The molecule has 15 heavy (non-hydrogen) atoms. The quantitative estimate of drug-likeness (QED) is 0.709. The fourth-order valence-electron chi connectivity index (χ4n) is 2.32. The molecule has 0 aromatic carbocycles. The van der Waals surface area contributed by atoms with Gasteiger partial charge in [-0.15, -0.1) is 0 Å². The first-order chi connectivity index (χ1) is 6.89. The van der Waals surface area contributed by atoms with Gasteiger partial charge in [0.2, 0.25) is 0 Å². The molecule has 2 rings (SSSR count). The van der Waals surface area contributed by atoms with Gasteiger partial charge in [0.15, 0.2) is 0 Å². The summed E-state index contributed by atoms with van der Waals surface area (Å²) in [6, 6.07) is 0. The van der Waals surface area contributed by atoms with E-state index < -0.39 is 0 Å². The van der Waals surface area contributed by atoms with E-state index in [0.29, 0.717) is 0 Å². The van der Waals surface area contributed by atoms with Crippen molar-refractivity contribution in [1.29, 1.82) is 0 Å². The van der Waals surface area contributed by atoms with Gasteiger partial charge in [0.25, 0.3) is 0 Å². The minimum atomic E-state index is 0.0867. The highest BCUT2D eigenvalue weighted by Gasteiger charge is 2.28. The number of fused-ring (bicyclic) bond motifs is 1. The Labute approximate surface area is 91.7 Å². The molecule has 1 aromatic heterocycles. The molecule has 3 heteroatoms. The summed E-state index contributed by atoms with van der Waals surface area (Å²) in [5.74, 6) is 2.63. The lowest BCUT2D eigenvalue weighted by atomic mass is 9.94. The van der Waals surface area contributed by atoms with Crippen LogP contribution in [0.3, 0.4) is 0 Å². The van der Waals surface area contributed by atoms with Crippen LogP contribution in [-0.2, 0) is 18.4 Å². The maximum absolute atomic E-state index is 5.97. The minimum Gasteiger partial charge on any atom is -0.382 e. The number of anilines is 1. The predicted molar refractivity (Wildman–Crippen MR) is 62.8 cm³/mol. The number of imidazole rings is 1. The maximum Gasteiger partial charge on any atom is 0.145 e. The zero-order chi connectivity index (χ0) is 11.2. The van der Waals surface area contributed by atoms with Crippen molar-refractivity contribution in [2.24, 2.45) is 5.92 Å². The van der Waals surface area contributed by atoms with Crippen LogP contribution in [-0.4, -0.2) is 9.55 Å². The van der Waals surface area contributed by atoms with Crippen LogP contribution in [0.25, 0.3) is 0 Å². The molecule has 0 fully saturated rings. The monoisotopic (exact) mass is 207 g/mol. The summed E-state index contributed by atoms with van der Waals surface area (Å²) in [6.45, 7) is 9.96. The lowest BCUT2D eigenvalue weighted by molar-refractivity contribution is 0.371. The molecule has 1 aliphatic rings. The van der Waals surface area contributed by atoms with Crippen LogP contribution in [0.2, 0.25) is 0 Å². The molecule has 1 aliphatic heterocycles. The van der Waals surface area contributed by atoms with Gasteiger partial charge in [-0.1, -0.05) is 27.7 Å². The van der Waals surface area contributed by atoms with Gasteiger partial charge in [0, 0.05) is 12.0 Å². The lowest BCUT2D eigenvalue weighted by Crippen LogP contribution is -2.25. The third kappa shape index (κ3) is 1.75. The highest BCUT2D eigenvalue weighted by molar-refractivity contribution is 5.39. The van der Waals surface area contributed by atoms with E-state index in [-0.39, 0.29) is 5.41 Å². The predicted octanol–water partition coefficient (Wildman–Crippen LogP) is 2.35. The summed E-state index contributed by atoms with van der Waals surface area (Å²) in [4.78, 5) is 4.54. The largest absolute Gasteiger partial charge is 0.382 e. The van der Waals surface area contributed by atoms with Gasteiger partial charge in [-0.3, -0.25) is 0 Å². The second-order valence-corrected chi connectivity index (χ2v) is 5.77. The Bertz CT molecular complexity index is 371. The molecule has 0 radical (unpaired) electrons. The van der Waals surface area contributed by atoms with Gasteiger partial charge in [0.05, 0.1) is 5.69 Å². The number of nitrogen functional groups attached to an aromatic ring is 1. The van der Waals surface area contributed by atoms with E-state index in [1.54, 1.807) is 0 Å². The average molecular weight is 207 g/mol. The molecule has 84 valence electrons. The molecule has 2 heterocycles. The Morgan fingerprint density at radius 2 is 2.07 bits per heavy atom. The van der Waals surface area contributed by atoms with E-state index in [1.165, 1.54) is 12.1 Å². The van der Waals surface area contributed by atoms with Crippen molar-refractivity contribution in [3.63, 3.8) is 0 Å². The summed E-state index contributed by atoms with van der Waals surface area (Å²) in [5.41, 5.74) is 7.31. The fraction of sp³-hybridized carbons (Fsp3) is 0.750. The number of hydrogen-bond donors (Lipinski definition) is 1. The van der Waals surface area contributed by atoms with E-state index in [9.17, 15) is 0 Å². The Hall–Kier alpha value is -0.990. The van der Waals surface area contributed by atoms with E-state index >= 15 is 0 Å². The Kier molecular flexibility index (Phi) is 2.28. The maximum atomic E-state index is 5.97. The minimum absolute atomic E-state index is 0.0867. The second kappa shape index (κ2) is 3.26. The fourth-order valence-corrected chi connectivity index (χ4v) is 2.32. The third-order valence-electron chi connectivity index (χ3n) is 3.14. The third-order valence-corrected chi connectivity index (χ3v) is 3.14. The highest BCUT2D eigenvalue weighted by atomic mass is 15.1. The highest BCUT2D eigenvalue weighted by Crippen LogP contribution is 2.31. The summed E-state index contributed by atoms with van der Waals surface area (Å²) < 4.78 is 2.34. The Morgan fingerprint density at radius 1 is 1.40 bits per heavy atom. The van der Waals surface area contributed by atoms with Gasteiger partial charge in [-0.05, 0) is 18.8 Å². The molecule has 0 bridgehead atoms. The van der Waals surface area contributed by atoms with Gasteiger partial charge in [0.1, 0.15) is 11.6 Å². The van der Waals surface area contributed by atoms with Crippen molar-refractivity contribution in [1.82, 2.24) is 9.55 Å². The average Bonchev–Trinajstić information content (AvgIpc) is 2.42. The SMILES string of the molecule is CC1CCc2c(N)nc(C(C)(C)C)n2C1. The first-order valence-electron chi connectivity index (χ1n) is 5.75. The number of nitrogens with two attached hydrogens (primary N) is 1. The zero-order valence-corrected chi connectivity index (χ0v) is 10.2. The van der Waals surface area contributed by atoms with Gasteiger partial charge < -0.3 is 10.3 Å². The summed E-state index contributed by atoms with van der Waals surface area (Å²) in [6.07, 6.45) is 2.32. The molecule has 3 nitrogen and oxygen atoms in total. The summed E-state index contributed by atoms with van der Waals surface area (Å²) in [7, 11) is 0. The van der Waals surface area contributed by atoms with Gasteiger partial charge in [-0.2, -0.15) is 0 Å². The zero-order valence-electron chi connectivity index (χ0n) is 10.2. The van der Waals surface area contributed by atoms with Crippen molar-refractivity contribution in [3.8, 4) is 0 Å². The van der Waals surface area contributed by atoms with E-state index in [4.69, 9.17) is 5.73 Å². The lowest BCUT2D eigenvalue weighted by Gasteiger charge is -2.26. The molecule has 1 unspecified atom stereocenters. The molecule has 0 aliphatic carbocycles. The van der Waals surface area contributed by atoms with E-state index in [2.05, 4.69) is 37.2 Å². The van der Waals surface area contributed by atoms with Crippen LogP contribution in [0, 0.1) is 5.92 Å². The van der Waals surface area contributed by atoms with Crippen molar-refractivity contribution >= 4 is 5.82 Å². The normalized spacial score (nSPS) is 21.5. The van der Waals surface area contributed by atoms with Crippen molar-refractivity contribution in [3.05, 3.63) is 11.5 Å². The van der Waals surface area contributed by atoms with Crippen LogP contribution < -0.4 is 5.73 Å². The van der Waals surface area contributed by atoms with Crippen LogP contribution in [0.1, 0.15) is 45.6 Å². The molecule has 2 N–H and O–H groups in total. The first kappa shape index (κ1) is 10.5. The van der Waals surface area contributed by atoms with E-state index in [1.807, 2.05) is 0 Å². The van der Waals surface area contributed by atoms with Gasteiger partial charge in [-0.25, -0.2) is 4.98 Å². The number of hydrogen-bond acceptors (Lipinski definition) is 2. The van der Waals surface area contributed by atoms with E-state index in [0.717, 1.165) is 30.5 Å². The van der Waals surface area contributed by atoms with Crippen LogP contribution in [0.15, 0.2) is 0 Å². The molecule has 1 atom stereocenters. The van der Waals surface area contributed by atoms with Crippen LogP contribution >= 0.6 is 0 Å². The number of rotatable bonds is 0. The first-order valence-corrected chi connectivity index (χ1v) is 5.75.